The van der Waals surface area contributed by atoms with Crippen LogP contribution < -0.4 is 5.32 Å². The highest BCUT2D eigenvalue weighted by molar-refractivity contribution is 7.91. The van der Waals surface area contributed by atoms with Gasteiger partial charge in [-0.3, -0.25) is 0 Å². The van der Waals surface area contributed by atoms with Crippen LogP contribution >= 0.6 is 0 Å². The van der Waals surface area contributed by atoms with Gasteiger partial charge in [0, 0.05) is 18.9 Å². The topological polar surface area (TPSA) is 55.4 Å². The number of hydrogen-bond acceptors (Lipinski definition) is 4. The summed E-state index contributed by atoms with van der Waals surface area (Å²) in [5.41, 5.74) is 0. The maximum atomic E-state index is 11.5. The van der Waals surface area contributed by atoms with Gasteiger partial charge in [-0.1, -0.05) is 27.7 Å². The number of nitrogens with one attached hydrogen (secondary N) is 1. The lowest BCUT2D eigenvalue weighted by Crippen LogP contribution is -2.44. The summed E-state index contributed by atoms with van der Waals surface area (Å²) in [4.78, 5) is 0. The van der Waals surface area contributed by atoms with Gasteiger partial charge in [-0.2, -0.15) is 0 Å². The molecular weight excluding hydrogens is 250 g/mol. The van der Waals surface area contributed by atoms with Crippen LogP contribution in [0, 0.1) is 5.92 Å². The fourth-order valence-electron chi connectivity index (χ4n) is 2.21. The minimum absolute atomic E-state index is 0.134. The molecule has 110 valence electrons. The van der Waals surface area contributed by atoms with Crippen LogP contribution in [0.15, 0.2) is 0 Å². The molecular formula is C13H29NO3S. The average molecular weight is 279 g/mol. The highest BCUT2D eigenvalue weighted by Gasteiger charge is 2.23. The highest BCUT2D eigenvalue weighted by Crippen LogP contribution is 2.15. The van der Waals surface area contributed by atoms with E-state index in [9.17, 15) is 8.42 Å². The maximum absolute atomic E-state index is 11.5. The van der Waals surface area contributed by atoms with Crippen molar-refractivity contribution >= 4 is 9.84 Å². The Bertz CT molecular complexity index is 301. The van der Waals surface area contributed by atoms with Gasteiger partial charge in [0.2, 0.25) is 0 Å². The molecule has 1 N–H and O–H groups in total. The van der Waals surface area contributed by atoms with E-state index in [2.05, 4.69) is 26.1 Å². The van der Waals surface area contributed by atoms with Crippen molar-refractivity contribution in [1.29, 1.82) is 0 Å². The molecule has 0 amide bonds. The number of sulfone groups is 1. The van der Waals surface area contributed by atoms with Crippen molar-refractivity contribution in [2.45, 2.75) is 52.7 Å². The first-order valence-electron chi connectivity index (χ1n) is 6.84. The van der Waals surface area contributed by atoms with Crippen molar-refractivity contribution in [3.63, 3.8) is 0 Å². The molecule has 5 heteroatoms. The summed E-state index contributed by atoms with van der Waals surface area (Å²) in [7, 11) is -1.13. The number of rotatable bonds is 10. The third-order valence-corrected chi connectivity index (χ3v) is 4.99. The zero-order valence-corrected chi connectivity index (χ0v) is 13.2. The average Bonchev–Trinajstić information content (AvgIpc) is 2.29. The van der Waals surface area contributed by atoms with Gasteiger partial charge < -0.3 is 10.1 Å². The van der Waals surface area contributed by atoms with Crippen molar-refractivity contribution in [2.24, 2.45) is 5.92 Å². The lowest BCUT2D eigenvalue weighted by atomic mass is 9.96. The molecule has 2 atom stereocenters. The van der Waals surface area contributed by atoms with Crippen LogP contribution in [-0.4, -0.2) is 45.7 Å². The number of methoxy groups -OCH3 is 1. The van der Waals surface area contributed by atoms with E-state index in [0.29, 0.717) is 12.3 Å². The lowest BCUT2D eigenvalue weighted by Gasteiger charge is -2.29. The molecule has 0 saturated carbocycles. The van der Waals surface area contributed by atoms with Crippen LogP contribution in [-0.2, 0) is 14.6 Å². The molecule has 0 aromatic carbocycles. The molecule has 0 aromatic heterocycles. The van der Waals surface area contributed by atoms with E-state index < -0.39 is 9.84 Å². The largest absolute Gasteiger partial charge is 0.380 e. The number of ether oxygens (including phenoxy) is 1. The van der Waals surface area contributed by atoms with Crippen LogP contribution in [0.5, 0.6) is 0 Å². The van der Waals surface area contributed by atoms with Crippen LogP contribution in [0.25, 0.3) is 0 Å². The van der Waals surface area contributed by atoms with Gasteiger partial charge in [0.25, 0.3) is 0 Å². The van der Waals surface area contributed by atoms with Gasteiger partial charge in [0.15, 0.2) is 0 Å². The fourth-order valence-corrected chi connectivity index (χ4v) is 3.11. The molecule has 2 unspecified atom stereocenters. The number of likely N-dealkylation sites (N-methyl/N-ethyl adjacent to an activating group) is 1. The molecule has 0 aliphatic rings. The molecule has 0 spiro atoms. The minimum Gasteiger partial charge on any atom is -0.380 e. The second kappa shape index (κ2) is 8.88. The summed E-state index contributed by atoms with van der Waals surface area (Å²) in [5.74, 6) is 0.929. The van der Waals surface area contributed by atoms with E-state index in [4.69, 9.17) is 4.74 Å². The van der Waals surface area contributed by atoms with Gasteiger partial charge in [-0.25, -0.2) is 8.42 Å². The lowest BCUT2D eigenvalue weighted by molar-refractivity contribution is 0.0310. The summed E-state index contributed by atoms with van der Waals surface area (Å²) in [6, 6.07) is 0.229. The van der Waals surface area contributed by atoms with E-state index in [1.165, 1.54) is 0 Å². The van der Waals surface area contributed by atoms with Crippen molar-refractivity contribution < 1.29 is 13.2 Å². The predicted octanol–water partition coefficient (Wildman–Crippen LogP) is 1.85. The van der Waals surface area contributed by atoms with Crippen molar-refractivity contribution in [1.82, 2.24) is 5.32 Å². The maximum Gasteiger partial charge on any atom is 0.150 e. The molecule has 0 fully saturated rings. The van der Waals surface area contributed by atoms with E-state index in [1.54, 1.807) is 14.0 Å². The molecule has 0 rings (SSSR count). The Kier molecular flexibility index (Phi) is 8.82. The predicted molar refractivity (Wildman–Crippen MR) is 76.7 cm³/mol. The van der Waals surface area contributed by atoms with E-state index >= 15 is 0 Å². The van der Waals surface area contributed by atoms with Gasteiger partial charge >= 0.3 is 0 Å². The smallest absolute Gasteiger partial charge is 0.150 e. The van der Waals surface area contributed by atoms with E-state index in [0.717, 1.165) is 13.0 Å². The van der Waals surface area contributed by atoms with E-state index in [-0.39, 0.29) is 23.7 Å². The Labute approximate surface area is 112 Å². The zero-order valence-electron chi connectivity index (χ0n) is 12.4. The van der Waals surface area contributed by atoms with Crippen molar-refractivity contribution in [2.75, 3.05) is 25.2 Å². The van der Waals surface area contributed by atoms with Crippen LogP contribution in [0.3, 0.4) is 0 Å². The first-order valence-corrected chi connectivity index (χ1v) is 8.66. The van der Waals surface area contributed by atoms with E-state index in [1.807, 2.05) is 0 Å². The summed E-state index contributed by atoms with van der Waals surface area (Å²) in [6.07, 6.45) is 1.67. The van der Waals surface area contributed by atoms with Crippen LogP contribution in [0.4, 0.5) is 0 Å². The zero-order chi connectivity index (χ0) is 14.2. The highest BCUT2D eigenvalue weighted by atomic mass is 32.2. The SMILES string of the molecule is CCNC(CCCS(=O)(=O)CC)C(OC)C(C)C. The molecule has 0 aliphatic heterocycles. The molecule has 0 saturated heterocycles. The van der Waals surface area contributed by atoms with Crippen LogP contribution in [0.1, 0.15) is 40.5 Å². The number of hydrogen-bond donors (Lipinski definition) is 1. The Morgan fingerprint density at radius 1 is 1.22 bits per heavy atom. The summed E-state index contributed by atoms with van der Waals surface area (Å²) in [5, 5.41) is 3.40. The Morgan fingerprint density at radius 3 is 2.22 bits per heavy atom. The summed E-state index contributed by atoms with van der Waals surface area (Å²) in [6.45, 7) is 8.88. The Balaban J connectivity index is 4.36. The van der Waals surface area contributed by atoms with Gasteiger partial charge in [-0.05, 0) is 25.3 Å². The van der Waals surface area contributed by atoms with Gasteiger partial charge in [0.05, 0.1) is 11.9 Å². The fraction of sp³-hybridized carbons (Fsp3) is 1.00. The molecule has 18 heavy (non-hydrogen) atoms. The summed E-state index contributed by atoms with van der Waals surface area (Å²) >= 11 is 0. The first-order chi connectivity index (χ1) is 8.37. The van der Waals surface area contributed by atoms with Gasteiger partial charge in [0.1, 0.15) is 9.84 Å². The Morgan fingerprint density at radius 2 is 1.83 bits per heavy atom. The standard InChI is InChI=1S/C13H29NO3S/c1-6-14-12(13(17-5)11(3)4)9-8-10-18(15,16)7-2/h11-14H,6-10H2,1-5H3. The summed E-state index contributed by atoms with van der Waals surface area (Å²) < 4.78 is 28.4. The third kappa shape index (κ3) is 6.71. The minimum atomic E-state index is -2.85. The molecule has 4 nitrogen and oxygen atoms in total. The molecule has 0 bridgehead atoms. The third-order valence-electron chi connectivity index (χ3n) is 3.20. The van der Waals surface area contributed by atoms with Crippen LogP contribution in [0.2, 0.25) is 0 Å². The molecule has 0 aromatic rings. The molecule has 0 heterocycles. The first kappa shape index (κ1) is 17.9. The molecule has 0 aliphatic carbocycles. The second-order valence-electron chi connectivity index (χ2n) is 4.99. The van der Waals surface area contributed by atoms with Gasteiger partial charge in [-0.15, -0.1) is 0 Å². The second-order valence-corrected chi connectivity index (χ2v) is 7.46. The molecule has 0 radical (unpaired) electrons. The monoisotopic (exact) mass is 279 g/mol. The Hall–Kier alpha value is -0.130. The van der Waals surface area contributed by atoms with Crippen molar-refractivity contribution in [3.05, 3.63) is 0 Å². The van der Waals surface area contributed by atoms with Crippen molar-refractivity contribution in [3.8, 4) is 0 Å². The normalized spacial score (nSPS) is 15.9. The quantitative estimate of drug-likeness (QED) is 0.663.